The lowest BCUT2D eigenvalue weighted by Gasteiger charge is -2.57. The Morgan fingerprint density at radius 1 is 0.879 bits per heavy atom. The van der Waals surface area contributed by atoms with Crippen molar-refractivity contribution >= 4 is 12.2 Å². The highest BCUT2D eigenvalue weighted by Gasteiger charge is 2.48. The molecule has 0 unspecified atom stereocenters. The van der Waals surface area contributed by atoms with Crippen LogP contribution in [0.3, 0.4) is 0 Å². The first-order chi connectivity index (χ1) is 16.3. The van der Waals surface area contributed by atoms with Crippen molar-refractivity contribution in [2.45, 2.75) is 37.4 Å². The molecule has 1 N–H and O–H groups in total. The zero-order chi connectivity index (χ0) is 22.5. The highest BCUT2D eigenvalue weighted by Crippen LogP contribution is 2.42. The third-order valence-electron chi connectivity index (χ3n) is 7.06. The number of nitrogens with zero attached hydrogens (tertiary/aromatic N) is 4. The van der Waals surface area contributed by atoms with Crippen LogP contribution in [0.25, 0.3) is 12.2 Å². The minimum Gasteiger partial charge on any atom is -0.395 e. The molecule has 3 aromatic rings. The molecule has 2 aliphatic heterocycles. The van der Waals surface area contributed by atoms with Crippen molar-refractivity contribution in [1.29, 1.82) is 0 Å². The van der Waals surface area contributed by atoms with Gasteiger partial charge in [-0.05, 0) is 42.6 Å². The Balaban J connectivity index is 1.31. The van der Waals surface area contributed by atoms with Crippen LogP contribution in [0, 0.1) is 0 Å². The average molecular weight is 441 g/mol. The normalized spacial score (nSPS) is 24.1. The molecule has 3 heterocycles. The molecule has 5 nitrogen and oxygen atoms in total. The molecule has 2 fully saturated rings. The second-order valence-corrected chi connectivity index (χ2v) is 9.18. The Morgan fingerprint density at radius 3 is 2.30 bits per heavy atom. The van der Waals surface area contributed by atoms with Gasteiger partial charge in [0.15, 0.2) is 0 Å². The van der Waals surface area contributed by atoms with Gasteiger partial charge in [-0.3, -0.25) is 9.80 Å². The van der Waals surface area contributed by atoms with E-state index in [2.05, 4.69) is 80.5 Å². The molecule has 0 amide bonds. The number of fused-ring (bicyclic) bond motifs is 1. The maximum Gasteiger partial charge on any atom is 0.115 e. The van der Waals surface area contributed by atoms with E-state index in [1.165, 1.54) is 29.5 Å². The lowest BCUT2D eigenvalue weighted by Crippen LogP contribution is -2.67. The van der Waals surface area contributed by atoms with Gasteiger partial charge >= 0.3 is 0 Å². The Labute approximate surface area is 196 Å². The summed E-state index contributed by atoms with van der Waals surface area (Å²) in [5.74, 6) is 0.356. The number of rotatable bonds is 6. The van der Waals surface area contributed by atoms with Gasteiger partial charge in [0.1, 0.15) is 6.33 Å². The fourth-order valence-corrected chi connectivity index (χ4v) is 5.41. The molecule has 5 heteroatoms. The lowest BCUT2D eigenvalue weighted by molar-refractivity contribution is -0.0655. The van der Waals surface area contributed by atoms with Gasteiger partial charge in [-0.15, -0.1) is 0 Å². The van der Waals surface area contributed by atoms with Gasteiger partial charge in [-0.25, -0.2) is 9.97 Å². The molecular weight excluding hydrogens is 408 g/mol. The lowest BCUT2D eigenvalue weighted by atomic mass is 9.74. The van der Waals surface area contributed by atoms with Gasteiger partial charge in [-0.1, -0.05) is 66.7 Å². The van der Waals surface area contributed by atoms with Gasteiger partial charge in [0, 0.05) is 49.0 Å². The number of benzene rings is 2. The van der Waals surface area contributed by atoms with Gasteiger partial charge in [0.25, 0.3) is 0 Å². The third-order valence-corrected chi connectivity index (χ3v) is 7.06. The molecule has 0 radical (unpaired) electrons. The highest BCUT2D eigenvalue weighted by atomic mass is 16.3. The third kappa shape index (κ3) is 5.06. The number of aromatic nitrogens is 2. The van der Waals surface area contributed by atoms with E-state index in [9.17, 15) is 5.11 Å². The standard InChI is InChI=1S/C28H32N4O/c33-20-27-28(25-12-10-23(11-13-25)9-8-22-6-2-1-3-7-22)26-19-31(14-4-5-15-32(26)27)18-24-16-29-21-30-17-24/h1-3,6-13,16-17,21,26-28,33H,4-5,14-15,18-20H2/b9-8+/t26-,27+,28-/m0/s1. The van der Waals surface area contributed by atoms with E-state index < -0.39 is 0 Å². The van der Waals surface area contributed by atoms with Gasteiger partial charge < -0.3 is 5.11 Å². The maximum atomic E-state index is 10.2. The summed E-state index contributed by atoms with van der Waals surface area (Å²) in [5.41, 5.74) is 4.89. The van der Waals surface area contributed by atoms with Crippen LogP contribution < -0.4 is 0 Å². The van der Waals surface area contributed by atoms with E-state index >= 15 is 0 Å². The fraction of sp³-hybridized carbons (Fsp3) is 0.357. The first kappa shape index (κ1) is 22.0. The van der Waals surface area contributed by atoms with Crippen LogP contribution in [0.15, 0.2) is 73.3 Å². The molecule has 3 atom stereocenters. The SMILES string of the molecule is OC[C@@H]1[C@@H](c2ccc(/C=C/c3ccccc3)cc2)[C@@H]2CN(Cc3cncnc3)CCCCN12. The maximum absolute atomic E-state index is 10.2. The quantitative estimate of drug-likeness (QED) is 0.586. The summed E-state index contributed by atoms with van der Waals surface area (Å²) < 4.78 is 0. The zero-order valence-electron chi connectivity index (χ0n) is 19.0. The van der Waals surface area contributed by atoms with Crippen molar-refractivity contribution in [3.8, 4) is 0 Å². The minimum atomic E-state index is 0.209. The Bertz CT molecular complexity index is 1040. The Morgan fingerprint density at radius 2 is 1.58 bits per heavy atom. The van der Waals surface area contributed by atoms with Crippen LogP contribution in [0.1, 0.15) is 41.0 Å². The van der Waals surface area contributed by atoms with Crippen LogP contribution in [-0.4, -0.2) is 63.2 Å². The van der Waals surface area contributed by atoms with E-state index in [1.807, 2.05) is 18.5 Å². The zero-order valence-corrected chi connectivity index (χ0v) is 19.0. The number of hydrogen-bond donors (Lipinski definition) is 1. The van der Waals surface area contributed by atoms with Crippen LogP contribution >= 0.6 is 0 Å². The van der Waals surface area contributed by atoms with Crippen molar-refractivity contribution < 1.29 is 5.11 Å². The van der Waals surface area contributed by atoms with E-state index in [1.54, 1.807) is 6.33 Å². The molecule has 0 saturated carbocycles. The molecule has 0 spiro atoms. The van der Waals surface area contributed by atoms with Crippen molar-refractivity contribution in [2.75, 3.05) is 26.2 Å². The topological polar surface area (TPSA) is 52.5 Å². The number of aliphatic hydroxyl groups excluding tert-OH is 1. The van der Waals surface area contributed by atoms with Crippen molar-refractivity contribution in [3.63, 3.8) is 0 Å². The van der Waals surface area contributed by atoms with Crippen LogP contribution in [0.4, 0.5) is 0 Å². The molecule has 5 rings (SSSR count). The molecule has 2 saturated heterocycles. The van der Waals surface area contributed by atoms with E-state index in [0.717, 1.165) is 31.7 Å². The highest BCUT2D eigenvalue weighted by molar-refractivity contribution is 5.69. The largest absolute Gasteiger partial charge is 0.395 e. The molecule has 0 bridgehead atoms. The molecule has 2 aliphatic rings. The summed E-state index contributed by atoms with van der Waals surface area (Å²) in [6.45, 7) is 4.27. The Hall–Kier alpha value is -2.86. The monoisotopic (exact) mass is 440 g/mol. The first-order valence-electron chi connectivity index (χ1n) is 12.0. The molecule has 0 aliphatic carbocycles. The molecule has 2 aromatic carbocycles. The smallest absolute Gasteiger partial charge is 0.115 e. The molecule has 170 valence electrons. The second-order valence-electron chi connectivity index (χ2n) is 9.18. The minimum absolute atomic E-state index is 0.209. The summed E-state index contributed by atoms with van der Waals surface area (Å²) in [5, 5.41) is 10.2. The van der Waals surface area contributed by atoms with E-state index in [-0.39, 0.29) is 12.6 Å². The van der Waals surface area contributed by atoms with Crippen molar-refractivity contribution in [2.24, 2.45) is 0 Å². The van der Waals surface area contributed by atoms with Crippen LogP contribution in [-0.2, 0) is 6.54 Å². The van der Waals surface area contributed by atoms with Gasteiger partial charge in [0.2, 0.25) is 0 Å². The number of hydrogen-bond acceptors (Lipinski definition) is 5. The van der Waals surface area contributed by atoms with Crippen molar-refractivity contribution in [1.82, 2.24) is 19.8 Å². The summed E-state index contributed by atoms with van der Waals surface area (Å²) in [6.07, 6.45) is 12.1. The average Bonchev–Trinajstić information content (AvgIpc) is 2.85. The van der Waals surface area contributed by atoms with Crippen LogP contribution in [0.5, 0.6) is 0 Å². The summed E-state index contributed by atoms with van der Waals surface area (Å²) in [4.78, 5) is 13.4. The van der Waals surface area contributed by atoms with Gasteiger partial charge in [-0.2, -0.15) is 0 Å². The fourth-order valence-electron chi connectivity index (χ4n) is 5.41. The van der Waals surface area contributed by atoms with Crippen LogP contribution in [0.2, 0.25) is 0 Å². The number of aliphatic hydroxyl groups is 1. The predicted octanol–water partition coefficient (Wildman–Crippen LogP) is 4.07. The summed E-state index contributed by atoms with van der Waals surface area (Å²) >= 11 is 0. The summed E-state index contributed by atoms with van der Waals surface area (Å²) in [7, 11) is 0. The van der Waals surface area contributed by atoms with Crippen molar-refractivity contribution in [3.05, 3.63) is 95.6 Å². The van der Waals surface area contributed by atoms with Gasteiger partial charge in [0.05, 0.1) is 6.61 Å². The van der Waals surface area contributed by atoms with E-state index in [4.69, 9.17) is 0 Å². The summed E-state index contributed by atoms with van der Waals surface area (Å²) in [6, 6.07) is 19.9. The second kappa shape index (κ2) is 10.4. The first-order valence-corrected chi connectivity index (χ1v) is 12.0. The Kier molecular flexibility index (Phi) is 6.91. The van der Waals surface area contributed by atoms with E-state index in [0.29, 0.717) is 12.0 Å². The molecule has 1 aromatic heterocycles. The molecular formula is C28H32N4O. The molecule has 33 heavy (non-hydrogen) atoms. The predicted molar refractivity (Wildman–Crippen MR) is 132 cm³/mol.